The van der Waals surface area contributed by atoms with Gasteiger partial charge in [-0.25, -0.2) is 0 Å². The molecular formula is C20H33NO. The largest absolute Gasteiger partial charge is 0.349 e. The summed E-state index contributed by atoms with van der Waals surface area (Å²) in [6.07, 6.45) is 1.02. The van der Waals surface area contributed by atoms with Crippen LogP contribution in [0.5, 0.6) is 0 Å². The molecule has 0 saturated carbocycles. The smallest absolute Gasteiger partial charge is 0.251 e. The Kier molecular flexibility index (Phi) is 5.83. The second-order valence-electron chi connectivity index (χ2n) is 8.61. The summed E-state index contributed by atoms with van der Waals surface area (Å²) in [5.74, 6) is 0.528. The highest BCUT2D eigenvalue weighted by Gasteiger charge is 2.30. The molecule has 124 valence electrons. The van der Waals surface area contributed by atoms with E-state index < -0.39 is 0 Å². The highest BCUT2D eigenvalue weighted by atomic mass is 16.1. The Balaban J connectivity index is 2.75. The maximum Gasteiger partial charge on any atom is 0.251 e. The van der Waals surface area contributed by atoms with E-state index in [4.69, 9.17) is 0 Å². The molecule has 1 aromatic rings. The standard InChI is InChI=1S/C20H33NO/c1-14(2)20(7,8)15(3)21-18(22)17-11-9-16(10-12-17)13-19(4,5)6/h9-12,14-15H,13H2,1-8H3,(H,21,22). The van der Waals surface area contributed by atoms with E-state index in [2.05, 4.69) is 72.8 Å². The normalized spacial score (nSPS) is 14.0. The Morgan fingerprint density at radius 3 is 1.91 bits per heavy atom. The first kappa shape index (κ1) is 18.7. The van der Waals surface area contributed by atoms with Gasteiger partial charge in [-0.2, -0.15) is 0 Å². The maximum absolute atomic E-state index is 12.4. The van der Waals surface area contributed by atoms with Gasteiger partial charge in [0.25, 0.3) is 5.91 Å². The van der Waals surface area contributed by atoms with Crippen molar-refractivity contribution in [3.05, 3.63) is 35.4 Å². The van der Waals surface area contributed by atoms with Crippen LogP contribution >= 0.6 is 0 Å². The molecule has 1 rings (SSSR count). The van der Waals surface area contributed by atoms with E-state index in [1.54, 1.807) is 0 Å². The lowest BCUT2D eigenvalue weighted by Crippen LogP contribution is -2.45. The summed E-state index contributed by atoms with van der Waals surface area (Å²) in [5.41, 5.74) is 2.35. The van der Waals surface area contributed by atoms with E-state index in [0.29, 0.717) is 5.92 Å². The lowest BCUT2D eigenvalue weighted by molar-refractivity contribution is 0.0873. The zero-order valence-corrected chi connectivity index (χ0v) is 15.6. The number of hydrogen-bond acceptors (Lipinski definition) is 1. The van der Waals surface area contributed by atoms with Gasteiger partial charge in [0.15, 0.2) is 0 Å². The molecule has 0 aliphatic carbocycles. The van der Waals surface area contributed by atoms with Crippen molar-refractivity contribution in [1.82, 2.24) is 5.32 Å². The van der Waals surface area contributed by atoms with Crippen molar-refractivity contribution in [1.29, 1.82) is 0 Å². The topological polar surface area (TPSA) is 29.1 Å². The first-order valence-electron chi connectivity index (χ1n) is 8.33. The molecule has 2 heteroatoms. The van der Waals surface area contributed by atoms with Crippen LogP contribution in [0, 0.1) is 16.7 Å². The summed E-state index contributed by atoms with van der Waals surface area (Å²) in [6, 6.07) is 8.14. The van der Waals surface area contributed by atoms with E-state index >= 15 is 0 Å². The van der Waals surface area contributed by atoms with Crippen molar-refractivity contribution in [2.75, 3.05) is 0 Å². The van der Waals surface area contributed by atoms with E-state index in [-0.39, 0.29) is 22.8 Å². The van der Waals surface area contributed by atoms with E-state index in [1.807, 2.05) is 12.1 Å². The van der Waals surface area contributed by atoms with Gasteiger partial charge in [0.1, 0.15) is 0 Å². The van der Waals surface area contributed by atoms with Crippen molar-refractivity contribution >= 4 is 5.91 Å². The van der Waals surface area contributed by atoms with Crippen molar-refractivity contribution in [3.8, 4) is 0 Å². The molecule has 0 radical (unpaired) electrons. The average molecular weight is 303 g/mol. The van der Waals surface area contributed by atoms with Crippen LogP contribution in [-0.2, 0) is 6.42 Å². The van der Waals surface area contributed by atoms with Crippen LogP contribution in [0.15, 0.2) is 24.3 Å². The molecule has 0 heterocycles. The molecule has 0 spiro atoms. The van der Waals surface area contributed by atoms with Gasteiger partial charge < -0.3 is 5.32 Å². The van der Waals surface area contributed by atoms with Gasteiger partial charge in [0, 0.05) is 11.6 Å². The highest BCUT2D eigenvalue weighted by Crippen LogP contribution is 2.30. The SMILES string of the molecule is CC(C)C(C)(C)C(C)NC(=O)c1ccc(CC(C)(C)C)cc1. The van der Waals surface area contributed by atoms with Crippen LogP contribution in [-0.4, -0.2) is 11.9 Å². The fraction of sp³-hybridized carbons (Fsp3) is 0.650. The second kappa shape index (κ2) is 6.85. The van der Waals surface area contributed by atoms with Gasteiger partial charge in [-0.05, 0) is 47.8 Å². The Bertz CT molecular complexity index is 491. The van der Waals surface area contributed by atoms with Gasteiger partial charge in [-0.15, -0.1) is 0 Å². The van der Waals surface area contributed by atoms with Crippen LogP contribution in [0.25, 0.3) is 0 Å². The van der Waals surface area contributed by atoms with E-state index in [9.17, 15) is 4.79 Å². The van der Waals surface area contributed by atoms with Crippen LogP contribution in [0.4, 0.5) is 0 Å². The molecule has 1 N–H and O–H groups in total. The zero-order chi connectivity index (χ0) is 17.1. The molecule has 2 nitrogen and oxygen atoms in total. The Morgan fingerprint density at radius 2 is 1.50 bits per heavy atom. The van der Waals surface area contributed by atoms with Gasteiger partial charge in [-0.3, -0.25) is 4.79 Å². The molecule has 1 aromatic carbocycles. The van der Waals surface area contributed by atoms with Crippen LogP contribution < -0.4 is 5.32 Å². The predicted octanol–water partition coefficient (Wildman–Crippen LogP) is 5.08. The first-order chi connectivity index (χ1) is 9.93. The summed E-state index contributed by atoms with van der Waals surface area (Å²) in [5, 5.41) is 3.15. The minimum Gasteiger partial charge on any atom is -0.349 e. The summed E-state index contributed by atoms with van der Waals surface area (Å²) < 4.78 is 0. The number of hydrogen-bond donors (Lipinski definition) is 1. The van der Waals surface area contributed by atoms with E-state index in [0.717, 1.165) is 12.0 Å². The monoisotopic (exact) mass is 303 g/mol. The average Bonchev–Trinajstić information content (AvgIpc) is 2.37. The first-order valence-corrected chi connectivity index (χ1v) is 8.33. The van der Waals surface area contributed by atoms with Gasteiger partial charge in [0.2, 0.25) is 0 Å². The third-order valence-corrected chi connectivity index (χ3v) is 4.90. The predicted molar refractivity (Wildman–Crippen MR) is 95.1 cm³/mol. The van der Waals surface area contributed by atoms with Crippen molar-refractivity contribution in [2.45, 2.75) is 67.9 Å². The molecule has 1 atom stereocenters. The third-order valence-electron chi connectivity index (χ3n) is 4.90. The number of benzene rings is 1. The second-order valence-corrected chi connectivity index (χ2v) is 8.61. The Hall–Kier alpha value is -1.31. The van der Waals surface area contributed by atoms with Gasteiger partial charge in [0.05, 0.1) is 0 Å². The molecule has 0 fully saturated rings. The molecule has 0 aliphatic rings. The van der Waals surface area contributed by atoms with Crippen LogP contribution in [0.2, 0.25) is 0 Å². The quantitative estimate of drug-likeness (QED) is 0.808. The van der Waals surface area contributed by atoms with Crippen molar-refractivity contribution in [2.24, 2.45) is 16.7 Å². The summed E-state index contributed by atoms with van der Waals surface area (Å²) in [4.78, 5) is 12.4. The zero-order valence-electron chi connectivity index (χ0n) is 15.6. The van der Waals surface area contributed by atoms with Gasteiger partial charge >= 0.3 is 0 Å². The molecule has 0 bridgehead atoms. The minimum atomic E-state index is 0.0172. The number of carbonyl (C=O) groups is 1. The molecule has 1 amide bonds. The highest BCUT2D eigenvalue weighted by molar-refractivity contribution is 5.94. The minimum absolute atomic E-state index is 0.0172. The molecule has 0 aliphatic heterocycles. The van der Waals surface area contributed by atoms with Gasteiger partial charge in [-0.1, -0.05) is 60.6 Å². The molecule has 0 saturated heterocycles. The summed E-state index contributed by atoms with van der Waals surface area (Å²) >= 11 is 0. The lowest BCUT2D eigenvalue weighted by Gasteiger charge is -2.36. The maximum atomic E-state index is 12.4. The Labute approximate surface area is 136 Å². The van der Waals surface area contributed by atoms with Crippen LogP contribution in [0.1, 0.15) is 71.3 Å². The third kappa shape index (κ3) is 5.15. The number of rotatable bonds is 5. The molecule has 22 heavy (non-hydrogen) atoms. The molecule has 0 aromatic heterocycles. The van der Waals surface area contributed by atoms with Crippen molar-refractivity contribution in [3.63, 3.8) is 0 Å². The van der Waals surface area contributed by atoms with Crippen molar-refractivity contribution < 1.29 is 4.79 Å². The number of amides is 1. The summed E-state index contributed by atoms with van der Waals surface area (Å²) in [7, 11) is 0. The van der Waals surface area contributed by atoms with Crippen LogP contribution in [0.3, 0.4) is 0 Å². The number of nitrogens with one attached hydrogen (secondary N) is 1. The Morgan fingerprint density at radius 1 is 1.00 bits per heavy atom. The molecular weight excluding hydrogens is 270 g/mol. The fourth-order valence-corrected chi connectivity index (χ4v) is 2.35. The molecule has 1 unspecified atom stereocenters. The van der Waals surface area contributed by atoms with E-state index in [1.165, 1.54) is 5.56 Å². The lowest BCUT2D eigenvalue weighted by atomic mass is 9.75. The number of carbonyl (C=O) groups excluding carboxylic acids is 1. The fourth-order valence-electron chi connectivity index (χ4n) is 2.35. The summed E-state index contributed by atoms with van der Waals surface area (Å²) in [6.45, 7) is 17.6.